The lowest BCUT2D eigenvalue weighted by Gasteiger charge is -2.14. The van der Waals surface area contributed by atoms with Crippen molar-refractivity contribution in [3.8, 4) is 0 Å². The number of aliphatic hydroxyl groups excluding tert-OH is 1. The molecule has 1 aromatic carbocycles. The number of hydrogen-bond donors (Lipinski definition) is 3. The number of nitrogens with one attached hydrogen (secondary N) is 1. The van der Waals surface area contributed by atoms with E-state index in [2.05, 4.69) is 5.32 Å². The first kappa shape index (κ1) is 12.5. The van der Waals surface area contributed by atoms with E-state index in [0.29, 0.717) is 0 Å². The zero-order chi connectivity index (χ0) is 12.0. The third kappa shape index (κ3) is 3.90. The fraction of sp³-hybridized carbons (Fsp3) is 0.417. The van der Waals surface area contributed by atoms with Gasteiger partial charge in [0, 0.05) is 18.3 Å². The highest BCUT2D eigenvalue weighted by molar-refractivity contribution is 5.88. The summed E-state index contributed by atoms with van der Waals surface area (Å²) in [5, 5.41) is 20.7. The molecule has 3 N–H and O–H groups in total. The third-order valence-electron chi connectivity index (χ3n) is 2.32. The maximum atomic E-state index is 10.8. The molecule has 0 saturated carbocycles. The van der Waals surface area contributed by atoms with E-state index >= 15 is 0 Å². The zero-order valence-electron chi connectivity index (χ0n) is 9.31. The second-order valence-electron chi connectivity index (χ2n) is 3.80. The monoisotopic (exact) mass is 223 g/mol. The highest BCUT2D eigenvalue weighted by atomic mass is 16.4. The zero-order valence-corrected chi connectivity index (χ0v) is 9.31. The number of anilines is 1. The summed E-state index contributed by atoms with van der Waals surface area (Å²) in [4.78, 5) is 10.8. The predicted molar refractivity (Wildman–Crippen MR) is 62.8 cm³/mol. The molecule has 4 nitrogen and oxygen atoms in total. The fourth-order valence-electron chi connectivity index (χ4n) is 1.50. The largest absolute Gasteiger partial charge is 0.478 e. The van der Waals surface area contributed by atoms with Crippen molar-refractivity contribution in [3.05, 3.63) is 29.8 Å². The molecule has 1 atom stereocenters. The number of carbonyl (C=O) groups is 1. The highest BCUT2D eigenvalue weighted by Crippen LogP contribution is 2.13. The number of aliphatic hydroxyl groups is 1. The van der Waals surface area contributed by atoms with Gasteiger partial charge in [-0.2, -0.15) is 0 Å². The van der Waals surface area contributed by atoms with Crippen LogP contribution in [-0.4, -0.2) is 28.8 Å². The standard InChI is InChI=1S/C12H17NO3/c1-9(4-3-7-14)13-11-6-2-5-10(8-11)12(15)16/h2,5-6,8-9,13-14H,3-4,7H2,1H3,(H,15,16). The summed E-state index contributed by atoms with van der Waals surface area (Å²) in [5.74, 6) is -0.924. The number of hydrogen-bond acceptors (Lipinski definition) is 3. The van der Waals surface area contributed by atoms with Gasteiger partial charge in [0.2, 0.25) is 0 Å². The van der Waals surface area contributed by atoms with Crippen LogP contribution in [0.25, 0.3) is 0 Å². The minimum atomic E-state index is -0.924. The van der Waals surface area contributed by atoms with Crippen LogP contribution in [0.15, 0.2) is 24.3 Å². The Balaban J connectivity index is 2.59. The Morgan fingerprint density at radius 2 is 2.25 bits per heavy atom. The molecule has 0 radical (unpaired) electrons. The Morgan fingerprint density at radius 1 is 1.50 bits per heavy atom. The molecule has 0 aromatic heterocycles. The van der Waals surface area contributed by atoms with Gasteiger partial charge in [0.1, 0.15) is 0 Å². The van der Waals surface area contributed by atoms with Gasteiger partial charge < -0.3 is 15.5 Å². The number of carboxylic acid groups (broad SMARTS) is 1. The van der Waals surface area contributed by atoms with Crippen molar-refractivity contribution in [3.63, 3.8) is 0 Å². The SMILES string of the molecule is CC(CCCO)Nc1cccc(C(=O)O)c1. The van der Waals surface area contributed by atoms with E-state index in [4.69, 9.17) is 10.2 Å². The number of carboxylic acids is 1. The molecule has 0 aliphatic rings. The van der Waals surface area contributed by atoms with Crippen LogP contribution in [0.5, 0.6) is 0 Å². The van der Waals surface area contributed by atoms with Gasteiger partial charge in [-0.25, -0.2) is 4.79 Å². The van der Waals surface area contributed by atoms with Crippen molar-refractivity contribution in [2.24, 2.45) is 0 Å². The first-order chi connectivity index (χ1) is 7.63. The van der Waals surface area contributed by atoms with E-state index in [-0.39, 0.29) is 18.2 Å². The van der Waals surface area contributed by atoms with Gasteiger partial charge in [0.25, 0.3) is 0 Å². The van der Waals surface area contributed by atoms with E-state index in [0.717, 1.165) is 18.5 Å². The van der Waals surface area contributed by atoms with Crippen molar-refractivity contribution in [2.45, 2.75) is 25.8 Å². The normalized spacial score (nSPS) is 12.1. The number of aromatic carboxylic acids is 1. The molecule has 0 fully saturated rings. The quantitative estimate of drug-likeness (QED) is 0.689. The molecule has 0 spiro atoms. The Morgan fingerprint density at radius 3 is 2.88 bits per heavy atom. The van der Waals surface area contributed by atoms with Crippen LogP contribution < -0.4 is 5.32 Å². The van der Waals surface area contributed by atoms with E-state index in [1.807, 2.05) is 13.0 Å². The summed E-state index contributed by atoms with van der Waals surface area (Å²) in [6.45, 7) is 2.18. The minimum absolute atomic E-state index is 0.182. The Kier molecular flexibility index (Phi) is 4.79. The highest BCUT2D eigenvalue weighted by Gasteiger charge is 2.05. The predicted octanol–water partition coefficient (Wildman–Crippen LogP) is 1.96. The molecule has 4 heteroatoms. The molecule has 0 aliphatic heterocycles. The van der Waals surface area contributed by atoms with E-state index in [1.54, 1.807) is 18.2 Å². The van der Waals surface area contributed by atoms with Gasteiger partial charge in [-0.05, 0) is 38.0 Å². The summed E-state index contributed by atoms with van der Waals surface area (Å²) in [6, 6.07) is 6.94. The van der Waals surface area contributed by atoms with Gasteiger partial charge in [-0.1, -0.05) is 6.07 Å². The topological polar surface area (TPSA) is 69.6 Å². The van der Waals surface area contributed by atoms with Gasteiger partial charge in [0.05, 0.1) is 5.56 Å². The molecule has 0 amide bonds. The lowest BCUT2D eigenvalue weighted by atomic mass is 10.1. The summed E-state index contributed by atoms with van der Waals surface area (Å²) >= 11 is 0. The molecule has 0 aliphatic carbocycles. The molecule has 1 unspecified atom stereocenters. The van der Waals surface area contributed by atoms with Crippen molar-refractivity contribution in [1.82, 2.24) is 0 Å². The molecular weight excluding hydrogens is 206 g/mol. The van der Waals surface area contributed by atoms with Crippen molar-refractivity contribution in [2.75, 3.05) is 11.9 Å². The molecular formula is C12H17NO3. The van der Waals surface area contributed by atoms with Crippen LogP contribution >= 0.6 is 0 Å². The first-order valence-electron chi connectivity index (χ1n) is 5.34. The fourth-order valence-corrected chi connectivity index (χ4v) is 1.50. The van der Waals surface area contributed by atoms with Crippen molar-refractivity contribution in [1.29, 1.82) is 0 Å². The average molecular weight is 223 g/mol. The molecule has 1 aromatic rings. The van der Waals surface area contributed by atoms with Crippen LogP contribution in [0.1, 0.15) is 30.1 Å². The molecule has 1 rings (SSSR count). The minimum Gasteiger partial charge on any atom is -0.478 e. The van der Waals surface area contributed by atoms with Gasteiger partial charge >= 0.3 is 5.97 Å². The second-order valence-corrected chi connectivity index (χ2v) is 3.80. The lowest BCUT2D eigenvalue weighted by Crippen LogP contribution is -2.15. The van der Waals surface area contributed by atoms with Crippen LogP contribution in [-0.2, 0) is 0 Å². The molecule has 88 valence electrons. The van der Waals surface area contributed by atoms with Crippen LogP contribution in [0.3, 0.4) is 0 Å². The van der Waals surface area contributed by atoms with Gasteiger partial charge in [-0.3, -0.25) is 0 Å². The lowest BCUT2D eigenvalue weighted by molar-refractivity contribution is 0.0697. The molecule has 0 saturated heterocycles. The summed E-state index contributed by atoms with van der Waals surface area (Å²) in [7, 11) is 0. The first-order valence-corrected chi connectivity index (χ1v) is 5.34. The van der Waals surface area contributed by atoms with Crippen LogP contribution in [0.2, 0.25) is 0 Å². The molecule has 0 bridgehead atoms. The third-order valence-corrected chi connectivity index (χ3v) is 2.32. The Bertz CT molecular complexity index is 352. The maximum absolute atomic E-state index is 10.8. The summed E-state index contributed by atoms with van der Waals surface area (Å²) in [6.07, 6.45) is 1.60. The Hall–Kier alpha value is -1.55. The maximum Gasteiger partial charge on any atom is 0.335 e. The van der Waals surface area contributed by atoms with Gasteiger partial charge in [0.15, 0.2) is 0 Å². The van der Waals surface area contributed by atoms with Gasteiger partial charge in [-0.15, -0.1) is 0 Å². The smallest absolute Gasteiger partial charge is 0.335 e. The number of rotatable bonds is 6. The second kappa shape index (κ2) is 6.12. The molecule has 16 heavy (non-hydrogen) atoms. The molecule has 0 heterocycles. The van der Waals surface area contributed by atoms with E-state index in [9.17, 15) is 4.79 Å². The Labute approximate surface area is 94.9 Å². The summed E-state index contributed by atoms with van der Waals surface area (Å²) in [5.41, 5.74) is 1.07. The van der Waals surface area contributed by atoms with E-state index < -0.39 is 5.97 Å². The van der Waals surface area contributed by atoms with Crippen LogP contribution in [0.4, 0.5) is 5.69 Å². The van der Waals surface area contributed by atoms with Crippen molar-refractivity contribution >= 4 is 11.7 Å². The van der Waals surface area contributed by atoms with Crippen LogP contribution in [0, 0.1) is 0 Å². The van der Waals surface area contributed by atoms with E-state index in [1.165, 1.54) is 0 Å². The summed E-state index contributed by atoms with van der Waals surface area (Å²) < 4.78 is 0. The average Bonchev–Trinajstić information content (AvgIpc) is 2.26. The number of benzene rings is 1. The van der Waals surface area contributed by atoms with Crippen molar-refractivity contribution < 1.29 is 15.0 Å².